The van der Waals surface area contributed by atoms with Gasteiger partial charge in [0, 0.05) is 37.8 Å². The Morgan fingerprint density at radius 2 is 1.72 bits per heavy atom. The summed E-state index contributed by atoms with van der Waals surface area (Å²) in [5.74, 6) is 1.09. The average Bonchev–Trinajstić information content (AvgIpc) is 2.66. The quantitative estimate of drug-likeness (QED) is 0.755. The van der Waals surface area contributed by atoms with E-state index in [1.165, 1.54) is 5.69 Å². The summed E-state index contributed by atoms with van der Waals surface area (Å²) in [6.07, 6.45) is 1.30. The van der Waals surface area contributed by atoms with Crippen molar-refractivity contribution < 1.29 is 9.53 Å². The first-order chi connectivity index (χ1) is 12.2. The molecule has 132 valence electrons. The van der Waals surface area contributed by atoms with Crippen molar-refractivity contribution >= 4 is 11.6 Å². The Bertz CT molecular complexity index is 660. The van der Waals surface area contributed by atoms with Gasteiger partial charge in [-0.2, -0.15) is 0 Å². The Hall–Kier alpha value is -2.49. The predicted octanol–water partition coefficient (Wildman–Crippen LogP) is 3.58. The van der Waals surface area contributed by atoms with Gasteiger partial charge in [-0.25, -0.2) is 0 Å². The van der Waals surface area contributed by atoms with Crippen molar-refractivity contribution in [1.29, 1.82) is 0 Å². The zero-order valence-electron chi connectivity index (χ0n) is 14.8. The fraction of sp³-hybridized carbons (Fsp3) is 0.381. The summed E-state index contributed by atoms with van der Waals surface area (Å²) in [6, 6.07) is 20.5. The van der Waals surface area contributed by atoms with E-state index in [1.807, 2.05) is 41.3 Å². The molecule has 0 bridgehead atoms. The molecule has 1 saturated heterocycles. The highest BCUT2D eigenvalue weighted by atomic mass is 16.5. The van der Waals surface area contributed by atoms with Crippen LogP contribution in [0.2, 0.25) is 0 Å². The van der Waals surface area contributed by atoms with Crippen molar-refractivity contribution in [2.75, 3.05) is 31.1 Å². The van der Waals surface area contributed by atoms with Gasteiger partial charge < -0.3 is 14.5 Å². The second-order valence-corrected chi connectivity index (χ2v) is 6.48. The smallest absolute Gasteiger partial charge is 0.222 e. The molecule has 25 heavy (non-hydrogen) atoms. The highest BCUT2D eigenvalue weighted by molar-refractivity contribution is 5.76. The number of anilines is 1. The fourth-order valence-electron chi connectivity index (χ4n) is 3.28. The van der Waals surface area contributed by atoms with Crippen LogP contribution in [0.4, 0.5) is 5.69 Å². The maximum absolute atomic E-state index is 12.5. The largest absolute Gasteiger partial charge is 0.494 e. The SMILES string of the molecule is CC1CN(C(=O)CCCOc2ccccc2)CCN1c1ccccc1. The molecule has 2 aromatic rings. The summed E-state index contributed by atoms with van der Waals surface area (Å²) >= 11 is 0. The monoisotopic (exact) mass is 338 g/mol. The van der Waals surface area contributed by atoms with Gasteiger partial charge in [-0.1, -0.05) is 36.4 Å². The molecular weight excluding hydrogens is 312 g/mol. The topological polar surface area (TPSA) is 32.8 Å². The third-order valence-corrected chi connectivity index (χ3v) is 4.61. The third-order valence-electron chi connectivity index (χ3n) is 4.61. The summed E-state index contributed by atoms with van der Waals surface area (Å²) in [5, 5.41) is 0. The molecule has 1 heterocycles. The molecule has 0 spiro atoms. The number of benzene rings is 2. The Balaban J connectivity index is 1.42. The van der Waals surface area contributed by atoms with Gasteiger partial charge in [-0.05, 0) is 37.6 Å². The van der Waals surface area contributed by atoms with Crippen molar-refractivity contribution in [3.05, 3.63) is 60.7 Å². The zero-order valence-corrected chi connectivity index (χ0v) is 14.8. The first-order valence-corrected chi connectivity index (χ1v) is 9.01. The van der Waals surface area contributed by atoms with E-state index in [-0.39, 0.29) is 5.91 Å². The highest BCUT2D eigenvalue weighted by Crippen LogP contribution is 2.20. The van der Waals surface area contributed by atoms with E-state index in [9.17, 15) is 4.79 Å². The van der Waals surface area contributed by atoms with Gasteiger partial charge in [-0.3, -0.25) is 4.79 Å². The molecule has 1 fully saturated rings. The van der Waals surface area contributed by atoms with Crippen molar-refractivity contribution in [3.8, 4) is 5.75 Å². The molecule has 0 saturated carbocycles. The normalized spacial score (nSPS) is 17.4. The van der Waals surface area contributed by atoms with Crippen LogP contribution < -0.4 is 9.64 Å². The van der Waals surface area contributed by atoms with Crippen molar-refractivity contribution in [2.45, 2.75) is 25.8 Å². The number of rotatable bonds is 6. The van der Waals surface area contributed by atoms with E-state index in [4.69, 9.17) is 4.74 Å². The van der Waals surface area contributed by atoms with Crippen LogP contribution in [-0.2, 0) is 4.79 Å². The number of carbonyl (C=O) groups excluding carboxylic acids is 1. The van der Waals surface area contributed by atoms with E-state index in [0.717, 1.165) is 31.8 Å². The van der Waals surface area contributed by atoms with Crippen LogP contribution in [0, 0.1) is 0 Å². The highest BCUT2D eigenvalue weighted by Gasteiger charge is 2.26. The number of hydrogen-bond donors (Lipinski definition) is 0. The third kappa shape index (κ3) is 4.75. The maximum Gasteiger partial charge on any atom is 0.222 e. The second kappa shape index (κ2) is 8.56. The Labute approximate surface area is 150 Å². The molecule has 0 radical (unpaired) electrons. The Morgan fingerprint density at radius 1 is 1.04 bits per heavy atom. The lowest BCUT2D eigenvalue weighted by molar-refractivity contribution is -0.132. The number of ether oxygens (including phenoxy) is 1. The van der Waals surface area contributed by atoms with E-state index in [0.29, 0.717) is 19.1 Å². The number of piperazine rings is 1. The van der Waals surface area contributed by atoms with E-state index < -0.39 is 0 Å². The molecule has 1 unspecified atom stereocenters. The van der Waals surface area contributed by atoms with Gasteiger partial charge in [-0.15, -0.1) is 0 Å². The Kier molecular flexibility index (Phi) is 5.94. The van der Waals surface area contributed by atoms with Gasteiger partial charge in [0.2, 0.25) is 5.91 Å². The lowest BCUT2D eigenvalue weighted by Gasteiger charge is -2.41. The lowest BCUT2D eigenvalue weighted by Crippen LogP contribution is -2.53. The first-order valence-electron chi connectivity index (χ1n) is 9.01. The first kappa shape index (κ1) is 17.3. The summed E-state index contributed by atoms with van der Waals surface area (Å²) < 4.78 is 5.66. The molecule has 2 aromatic carbocycles. The summed E-state index contributed by atoms with van der Waals surface area (Å²) in [4.78, 5) is 16.8. The second-order valence-electron chi connectivity index (χ2n) is 6.48. The summed E-state index contributed by atoms with van der Waals surface area (Å²) in [6.45, 7) is 5.22. The van der Waals surface area contributed by atoms with E-state index in [2.05, 4.69) is 36.1 Å². The number of nitrogens with zero attached hydrogens (tertiary/aromatic N) is 2. The van der Waals surface area contributed by atoms with Gasteiger partial charge in [0.1, 0.15) is 5.75 Å². The van der Waals surface area contributed by atoms with Crippen molar-refractivity contribution in [2.24, 2.45) is 0 Å². The molecule has 1 aliphatic heterocycles. The predicted molar refractivity (Wildman–Crippen MR) is 101 cm³/mol. The van der Waals surface area contributed by atoms with Crippen LogP contribution in [0.15, 0.2) is 60.7 Å². The molecule has 1 amide bonds. The van der Waals surface area contributed by atoms with Crippen LogP contribution in [-0.4, -0.2) is 43.1 Å². The number of para-hydroxylation sites is 2. The van der Waals surface area contributed by atoms with E-state index >= 15 is 0 Å². The molecule has 0 N–H and O–H groups in total. The molecule has 0 aromatic heterocycles. The standard InChI is InChI=1S/C21H26N2O2/c1-18-17-22(14-15-23(18)19-9-4-2-5-10-19)21(24)13-8-16-25-20-11-6-3-7-12-20/h2-7,9-12,18H,8,13-17H2,1H3. The molecule has 0 aliphatic carbocycles. The van der Waals surface area contributed by atoms with E-state index in [1.54, 1.807) is 0 Å². The van der Waals surface area contributed by atoms with Crippen LogP contribution in [0.5, 0.6) is 5.75 Å². The minimum Gasteiger partial charge on any atom is -0.494 e. The maximum atomic E-state index is 12.5. The van der Waals surface area contributed by atoms with Crippen LogP contribution in [0.1, 0.15) is 19.8 Å². The van der Waals surface area contributed by atoms with Gasteiger partial charge in [0.05, 0.1) is 6.61 Å². The van der Waals surface area contributed by atoms with Crippen molar-refractivity contribution in [3.63, 3.8) is 0 Å². The van der Waals surface area contributed by atoms with Crippen LogP contribution in [0.25, 0.3) is 0 Å². The number of amides is 1. The molecule has 4 heteroatoms. The lowest BCUT2D eigenvalue weighted by atomic mass is 10.1. The number of carbonyl (C=O) groups is 1. The molecule has 1 atom stereocenters. The van der Waals surface area contributed by atoms with Gasteiger partial charge >= 0.3 is 0 Å². The van der Waals surface area contributed by atoms with Crippen LogP contribution >= 0.6 is 0 Å². The minimum atomic E-state index is 0.233. The summed E-state index contributed by atoms with van der Waals surface area (Å²) in [5.41, 5.74) is 1.23. The molecule has 4 nitrogen and oxygen atoms in total. The Morgan fingerprint density at radius 3 is 2.40 bits per heavy atom. The zero-order chi connectivity index (χ0) is 17.5. The molecular formula is C21H26N2O2. The van der Waals surface area contributed by atoms with Crippen molar-refractivity contribution in [1.82, 2.24) is 4.90 Å². The molecule has 3 rings (SSSR count). The summed E-state index contributed by atoms with van der Waals surface area (Å²) in [7, 11) is 0. The fourth-order valence-corrected chi connectivity index (χ4v) is 3.28. The van der Waals surface area contributed by atoms with Gasteiger partial charge in [0.15, 0.2) is 0 Å². The average molecular weight is 338 g/mol. The van der Waals surface area contributed by atoms with Gasteiger partial charge in [0.25, 0.3) is 0 Å². The molecule has 1 aliphatic rings. The minimum absolute atomic E-state index is 0.233. The van der Waals surface area contributed by atoms with Crippen LogP contribution in [0.3, 0.4) is 0 Å². The number of hydrogen-bond acceptors (Lipinski definition) is 3.